The molecule has 8 heteroatoms. The van der Waals surface area contributed by atoms with Crippen molar-refractivity contribution in [2.45, 2.75) is 53.1 Å². The fraction of sp³-hybridized carbons (Fsp3) is 0.455. The summed E-state index contributed by atoms with van der Waals surface area (Å²) in [5.74, 6) is 1.72. The lowest BCUT2D eigenvalue weighted by atomic mass is 10.1. The number of amides is 1. The first-order valence-electron chi connectivity index (χ1n) is 10.2. The van der Waals surface area contributed by atoms with Crippen LogP contribution in [0, 0.1) is 6.92 Å². The van der Waals surface area contributed by atoms with E-state index in [1.54, 1.807) is 12.1 Å². The van der Waals surface area contributed by atoms with E-state index in [9.17, 15) is 4.79 Å². The van der Waals surface area contributed by atoms with Crippen molar-refractivity contribution in [3.8, 4) is 5.75 Å². The normalized spacial score (nSPS) is 11.0. The van der Waals surface area contributed by atoms with Gasteiger partial charge in [-0.1, -0.05) is 31.9 Å². The van der Waals surface area contributed by atoms with Crippen molar-refractivity contribution < 1.29 is 13.9 Å². The SMILES string of the molecule is CCCCCOc1cc(C)ccc1CN=C(NCC)NCc1ccc(C(N)=O)o1.I. The lowest BCUT2D eigenvalue weighted by Crippen LogP contribution is -2.36. The van der Waals surface area contributed by atoms with Crippen molar-refractivity contribution in [1.82, 2.24) is 10.6 Å². The Morgan fingerprint density at radius 3 is 2.63 bits per heavy atom. The van der Waals surface area contributed by atoms with Crippen molar-refractivity contribution in [2.24, 2.45) is 10.7 Å². The molecule has 4 N–H and O–H groups in total. The van der Waals surface area contributed by atoms with Crippen LogP contribution in [0.4, 0.5) is 0 Å². The molecular weight excluding hydrogens is 495 g/mol. The number of ether oxygens (including phenoxy) is 1. The van der Waals surface area contributed by atoms with Gasteiger partial charge in [-0.3, -0.25) is 4.79 Å². The van der Waals surface area contributed by atoms with Crippen molar-refractivity contribution in [1.29, 1.82) is 0 Å². The minimum absolute atomic E-state index is 0. The van der Waals surface area contributed by atoms with Gasteiger partial charge in [-0.05, 0) is 44.0 Å². The highest BCUT2D eigenvalue weighted by Gasteiger charge is 2.08. The number of furan rings is 1. The maximum Gasteiger partial charge on any atom is 0.284 e. The Morgan fingerprint density at radius 2 is 1.97 bits per heavy atom. The van der Waals surface area contributed by atoms with E-state index >= 15 is 0 Å². The van der Waals surface area contributed by atoms with Crippen molar-refractivity contribution >= 4 is 35.8 Å². The molecule has 0 unspecified atom stereocenters. The highest BCUT2D eigenvalue weighted by Crippen LogP contribution is 2.21. The van der Waals surface area contributed by atoms with E-state index in [1.807, 2.05) is 6.92 Å². The molecule has 2 rings (SSSR count). The molecule has 0 atom stereocenters. The molecule has 0 aliphatic carbocycles. The first kappa shape index (κ1) is 25.8. The van der Waals surface area contributed by atoms with Crippen LogP contribution < -0.4 is 21.1 Å². The molecule has 30 heavy (non-hydrogen) atoms. The van der Waals surface area contributed by atoms with E-state index in [4.69, 9.17) is 14.9 Å². The average molecular weight is 528 g/mol. The minimum Gasteiger partial charge on any atom is -0.493 e. The van der Waals surface area contributed by atoms with Crippen LogP contribution in [0.1, 0.15) is 60.6 Å². The zero-order valence-electron chi connectivity index (χ0n) is 18.0. The zero-order chi connectivity index (χ0) is 21.1. The number of aliphatic imine (C=N–C) groups is 1. The van der Waals surface area contributed by atoms with Crippen molar-refractivity contribution in [2.75, 3.05) is 13.2 Å². The van der Waals surface area contributed by atoms with Gasteiger partial charge in [-0.2, -0.15) is 0 Å². The highest BCUT2D eigenvalue weighted by atomic mass is 127. The van der Waals surface area contributed by atoms with Gasteiger partial charge in [0.15, 0.2) is 11.7 Å². The summed E-state index contributed by atoms with van der Waals surface area (Å²) in [6, 6.07) is 9.48. The number of nitrogens with two attached hydrogens (primary N) is 1. The summed E-state index contributed by atoms with van der Waals surface area (Å²) in [6.45, 7) is 8.57. The third kappa shape index (κ3) is 8.64. The van der Waals surface area contributed by atoms with E-state index in [2.05, 4.69) is 47.7 Å². The fourth-order valence-corrected chi connectivity index (χ4v) is 2.74. The Hall–Kier alpha value is -2.23. The van der Waals surface area contributed by atoms with Crippen LogP contribution in [0.5, 0.6) is 5.75 Å². The van der Waals surface area contributed by atoms with Gasteiger partial charge in [0.1, 0.15) is 11.5 Å². The second kappa shape index (κ2) is 13.9. The number of nitrogens with zero attached hydrogens (tertiary/aromatic N) is 1. The topological polar surface area (TPSA) is 102 Å². The molecule has 0 spiro atoms. The maximum atomic E-state index is 11.1. The Morgan fingerprint density at radius 1 is 1.17 bits per heavy atom. The molecule has 0 saturated carbocycles. The number of halogens is 1. The average Bonchev–Trinajstić information content (AvgIpc) is 3.18. The summed E-state index contributed by atoms with van der Waals surface area (Å²) >= 11 is 0. The smallest absolute Gasteiger partial charge is 0.284 e. The van der Waals surface area contributed by atoms with Gasteiger partial charge in [-0.15, -0.1) is 24.0 Å². The van der Waals surface area contributed by atoms with Gasteiger partial charge in [0.2, 0.25) is 0 Å². The number of carbonyl (C=O) groups excluding carboxylic acids is 1. The predicted molar refractivity (Wildman–Crippen MR) is 130 cm³/mol. The minimum atomic E-state index is -0.581. The Labute approximate surface area is 195 Å². The van der Waals surface area contributed by atoms with Crippen LogP contribution in [-0.4, -0.2) is 25.0 Å². The first-order valence-corrected chi connectivity index (χ1v) is 10.2. The summed E-state index contributed by atoms with van der Waals surface area (Å²) in [7, 11) is 0. The van der Waals surface area contributed by atoms with E-state index < -0.39 is 5.91 Å². The van der Waals surface area contributed by atoms with Crippen LogP contribution in [0.25, 0.3) is 0 Å². The van der Waals surface area contributed by atoms with Crippen molar-refractivity contribution in [3.05, 3.63) is 53.0 Å². The number of hydrogen-bond acceptors (Lipinski definition) is 4. The molecule has 0 aliphatic rings. The lowest BCUT2D eigenvalue weighted by Gasteiger charge is -2.13. The second-order valence-electron chi connectivity index (χ2n) is 6.85. The summed E-state index contributed by atoms with van der Waals surface area (Å²) in [5.41, 5.74) is 7.42. The predicted octanol–water partition coefficient (Wildman–Crippen LogP) is 4.13. The molecule has 7 nitrogen and oxygen atoms in total. The Balaban J connectivity index is 0.00000450. The first-order chi connectivity index (χ1) is 14.0. The number of aryl methyl sites for hydroxylation is 1. The molecule has 0 saturated heterocycles. The molecule has 1 amide bonds. The number of unbranched alkanes of at least 4 members (excludes halogenated alkanes) is 2. The number of nitrogens with one attached hydrogen (secondary N) is 2. The van der Waals surface area contributed by atoms with E-state index in [0.717, 1.165) is 36.3 Å². The number of primary amides is 1. The van der Waals surface area contributed by atoms with Crippen LogP contribution in [0.15, 0.2) is 39.7 Å². The van der Waals surface area contributed by atoms with E-state index in [1.165, 1.54) is 6.42 Å². The second-order valence-corrected chi connectivity index (χ2v) is 6.85. The summed E-state index contributed by atoms with van der Waals surface area (Å²) in [4.78, 5) is 15.8. The summed E-state index contributed by atoms with van der Waals surface area (Å²) in [6.07, 6.45) is 3.38. The standard InChI is InChI=1S/C22H32N4O3.HI/c1-4-6-7-12-28-20-13-16(3)8-9-17(20)14-25-22(24-5-2)26-15-18-10-11-19(29-18)21(23)27;/h8-11,13H,4-7,12,14-15H2,1-3H3,(H2,23,27)(H2,24,25,26);1H. The Bertz CT molecular complexity index is 820. The van der Waals surface area contributed by atoms with Gasteiger partial charge < -0.3 is 25.5 Å². The van der Waals surface area contributed by atoms with E-state index in [0.29, 0.717) is 31.4 Å². The summed E-state index contributed by atoms with van der Waals surface area (Å²) < 4.78 is 11.4. The monoisotopic (exact) mass is 528 g/mol. The van der Waals surface area contributed by atoms with Gasteiger partial charge in [0, 0.05) is 12.1 Å². The van der Waals surface area contributed by atoms with Crippen LogP contribution in [0.3, 0.4) is 0 Å². The molecule has 1 heterocycles. The fourth-order valence-electron chi connectivity index (χ4n) is 2.74. The molecule has 0 radical (unpaired) electrons. The van der Waals surface area contributed by atoms with Crippen LogP contribution in [0.2, 0.25) is 0 Å². The lowest BCUT2D eigenvalue weighted by molar-refractivity contribution is 0.0972. The number of guanidine groups is 1. The molecule has 166 valence electrons. The van der Waals surface area contributed by atoms with Crippen LogP contribution >= 0.6 is 24.0 Å². The van der Waals surface area contributed by atoms with Gasteiger partial charge in [0.25, 0.3) is 5.91 Å². The molecular formula is C22H33IN4O3. The van der Waals surface area contributed by atoms with Gasteiger partial charge >= 0.3 is 0 Å². The van der Waals surface area contributed by atoms with Crippen molar-refractivity contribution in [3.63, 3.8) is 0 Å². The third-order valence-corrected chi connectivity index (χ3v) is 4.31. The molecule has 2 aromatic rings. The number of benzene rings is 1. The molecule has 1 aromatic carbocycles. The largest absolute Gasteiger partial charge is 0.493 e. The molecule has 1 aromatic heterocycles. The van der Waals surface area contributed by atoms with E-state index in [-0.39, 0.29) is 29.7 Å². The number of carbonyl (C=O) groups is 1. The third-order valence-electron chi connectivity index (χ3n) is 4.31. The molecule has 0 aliphatic heterocycles. The maximum absolute atomic E-state index is 11.1. The van der Waals surface area contributed by atoms with Gasteiger partial charge in [0.05, 0.1) is 19.7 Å². The zero-order valence-corrected chi connectivity index (χ0v) is 20.3. The highest BCUT2D eigenvalue weighted by molar-refractivity contribution is 14.0. The Kier molecular flexibility index (Phi) is 12.0. The van der Waals surface area contributed by atoms with Crippen LogP contribution in [-0.2, 0) is 13.1 Å². The number of hydrogen-bond donors (Lipinski definition) is 3. The summed E-state index contributed by atoms with van der Waals surface area (Å²) in [5, 5.41) is 6.41. The molecule has 0 bridgehead atoms. The quantitative estimate of drug-likeness (QED) is 0.176. The van der Waals surface area contributed by atoms with Gasteiger partial charge in [-0.25, -0.2) is 4.99 Å². The molecule has 0 fully saturated rings. The number of rotatable bonds is 11.